The van der Waals surface area contributed by atoms with Crippen molar-refractivity contribution >= 4 is 11.6 Å². The quantitative estimate of drug-likeness (QED) is 0.820. The Balaban J connectivity index is 2.03. The minimum absolute atomic E-state index is 0.0546. The standard InChI is InChI=1S/C13H22N4O2/c1-3-14-12-5-4-6-17(13(12)18)11-9-15-16(10-11)7-8-19-2/h9-10,12,14H,3-8H2,1-2H3. The van der Waals surface area contributed by atoms with Gasteiger partial charge in [0.1, 0.15) is 0 Å². The topological polar surface area (TPSA) is 59.4 Å². The molecule has 0 aromatic carbocycles. The number of aromatic nitrogens is 2. The molecule has 0 aliphatic carbocycles. The molecule has 106 valence electrons. The molecule has 0 saturated carbocycles. The van der Waals surface area contributed by atoms with E-state index in [1.54, 1.807) is 13.3 Å². The van der Waals surface area contributed by atoms with E-state index in [1.807, 2.05) is 22.7 Å². The third kappa shape index (κ3) is 3.33. The predicted molar refractivity (Wildman–Crippen MR) is 73.2 cm³/mol. The zero-order valence-electron chi connectivity index (χ0n) is 11.6. The molecule has 2 heterocycles. The van der Waals surface area contributed by atoms with Crippen molar-refractivity contribution in [2.24, 2.45) is 0 Å². The van der Waals surface area contributed by atoms with Crippen LogP contribution in [0.3, 0.4) is 0 Å². The molecular formula is C13H22N4O2. The Morgan fingerprint density at radius 1 is 1.58 bits per heavy atom. The number of nitrogens with zero attached hydrogens (tertiary/aromatic N) is 3. The van der Waals surface area contributed by atoms with Gasteiger partial charge in [-0.2, -0.15) is 5.10 Å². The molecule has 2 rings (SSSR count). The van der Waals surface area contributed by atoms with Crippen LogP contribution in [0, 0.1) is 0 Å². The molecule has 19 heavy (non-hydrogen) atoms. The largest absolute Gasteiger partial charge is 0.383 e. The first-order valence-corrected chi connectivity index (χ1v) is 6.82. The second-order valence-corrected chi connectivity index (χ2v) is 4.70. The summed E-state index contributed by atoms with van der Waals surface area (Å²) in [5.41, 5.74) is 0.878. The normalized spacial score (nSPS) is 20.0. The first-order chi connectivity index (χ1) is 9.26. The van der Waals surface area contributed by atoms with Gasteiger partial charge in [-0.15, -0.1) is 0 Å². The zero-order chi connectivity index (χ0) is 13.7. The van der Waals surface area contributed by atoms with Crippen LogP contribution in [-0.4, -0.2) is 48.5 Å². The minimum atomic E-state index is -0.0546. The molecule has 0 bridgehead atoms. The van der Waals surface area contributed by atoms with Crippen LogP contribution in [0.25, 0.3) is 0 Å². The summed E-state index contributed by atoms with van der Waals surface area (Å²) in [6.45, 7) is 4.94. The van der Waals surface area contributed by atoms with E-state index in [-0.39, 0.29) is 11.9 Å². The SMILES string of the molecule is CCNC1CCCN(c2cnn(CCOC)c2)C1=O. The predicted octanol–water partition coefficient (Wildman–Crippen LogP) is 0.634. The summed E-state index contributed by atoms with van der Waals surface area (Å²) >= 11 is 0. The number of likely N-dealkylation sites (N-methyl/N-ethyl adjacent to an activating group) is 1. The summed E-state index contributed by atoms with van der Waals surface area (Å²) in [6.07, 6.45) is 5.60. The molecule has 1 atom stereocenters. The third-order valence-corrected chi connectivity index (χ3v) is 3.34. The highest BCUT2D eigenvalue weighted by molar-refractivity contribution is 5.97. The van der Waals surface area contributed by atoms with Crippen molar-refractivity contribution in [3.05, 3.63) is 12.4 Å². The Bertz CT molecular complexity index is 417. The van der Waals surface area contributed by atoms with E-state index in [0.29, 0.717) is 13.2 Å². The van der Waals surface area contributed by atoms with Gasteiger partial charge in [0.25, 0.3) is 0 Å². The minimum Gasteiger partial charge on any atom is -0.383 e. The van der Waals surface area contributed by atoms with Gasteiger partial charge < -0.3 is 15.0 Å². The van der Waals surface area contributed by atoms with Gasteiger partial charge in [-0.05, 0) is 19.4 Å². The maximum atomic E-state index is 12.3. The van der Waals surface area contributed by atoms with E-state index >= 15 is 0 Å². The van der Waals surface area contributed by atoms with Crippen molar-refractivity contribution in [3.63, 3.8) is 0 Å². The molecule has 1 unspecified atom stereocenters. The van der Waals surface area contributed by atoms with Crippen LogP contribution in [0.2, 0.25) is 0 Å². The molecule has 1 N–H and O–H groups in total. The maximum absolute atomic E-state index is 12.3. The first kappa shape index (κ1) is 14.0. The van der Waals surface area contributed by atoms with Crippen molar-refractivity contribution in [2.75, 3.05) is 31.7 Å². The van der Waals surface area contributed by atoms with Gasteiger partial charge in [0.05, 0.1) is 31.1 Å². The van der Waals surface area contributed by atoms with Gasteiger partial charge in [-0.25, -0.2) is 0 Å². The van der Waals surface area contributed by atoms with Gasteiger partial charge in [0, 0.05) is 19.9 Å². The molecule has 0 radical (unpaired) electrons. The van der Waals surface area contributed by atoms with Crippen LogP contribution >= 0.6 is 0 Å². The average molecular weight is 266 g/mol. The monoisotopic (exact) mass is 266 g/mol. The Kier molecular flexibility index (Phi) is 4.93. The van der Waals surface area contributed by atoms with Crippen LogP contribution in [0.15, 0.2) is 12.4 Å². The number of nitrogens with one attached hydrogen (secondary N) is 1. The van der Waals surface area contributed by atoms with E-state index in [1.165, 1.54) is 0 Å². The Morgan fingerprint density at radius 3 is 3.16 bits per heavy atom. The van der Waals surface area contributed by atoms with Crippen LogP contribution in [0.5, 0.6) is 0 Å². The molecule has 1 saturated heterocycles. The smallest absolute Gasteiger partial charge is 0.244 e. The number of carbonyl (C=O) groups excluding carboxylic acids is 1. The Labute approximate surface area is 113 Å². The fraction of sp³-hybridized carbons (Fsp3) is 0.692. The van der Waals surface area contributed by atoms with E-state index in [2.05, 4.69) is 10.4 Å². The van der Waals surface area contributed by atoms with Crippen molar-refractivity contribution in [1.29, 1.82) is 0 Å². The fourth-order valence-electron chi connectivity index (χ4n) is 2.37. The van der Waals surface area contributed by atoms with E-state index < -0.39 is 0 Å². The molecular weight excluding hydrogens is 244 g/mol. The highest BCUT2D eigenvalue weighted by Gasteiger charge is 2.29. The molecule has 1 aromatic rings. The molecule has 1 aliphatic rings. The number of piperidine rings is 1. The zero-order valence-corrected chi connectivity index (χ0v) is 11.6. The lowest BCUT2D eigenvalue weighted by Crippen LogP contribution is -2.50. The lowest BCUT2D eigenvalue weighted by Gasteiger charge is -2.31. The van der Waals surface area contributed by atoms with Crippen molar-refractivity contribution in [2.45, 2.75) is 32.4 Å². The molecule has 0 spiro atoms. The van der Waals surface area contributed by atoms with Gasteiger partial charge in [0.15, 0.2) is 0 Å². The molecule has 1 fully saturated rings. The van der Waals surface area contributed by atoms with Gasteiger partial charge in [-0.3, -0.25) is 9.48 Å². The number of rotatable bonds is 6. The number of ether oxygens (including phenoxy) is 1. The number of anilines is 1. The molecule has 6 nitrogen and oxygen atoms in total. The maximum Gasteiger partial charge on any atom is 0.244 e. The summed E-state index contributed by atoms with van der Waals surface area (Å²) in [7, 11) is 1.67. The van der Waals surface area contributed by atoms with Crippen LogP contribution < -0.4 is 10.2 Å². The van der Waals surface area contributed by atoms with Crippen LogP contribution in [0.1, 0.15) is 19.8 Å². The fourth-order valence-corrected chi connectivity index (χ4v) is 2.37. The van der Waals surface area contributed by atoms with Gasteiger partial charge in [-0.1, -0.05) is 6.92 Å². The van der Waals surface area contributed by atoms with Gasteiger partial charge >= 0.3 is 0 Å². The average Bonchev–Trinajstić information content (AvgIpc) is 2.87. The van der Waals surface area contributed by atoms with Crippen molar-refractivity contribution in [3.8, 4) is 0 Å². The summed E-state index contributed by atoms with van der Waals surface area (Å²) in [4.78, 5) is 14.2. The number of hydrogen-bond donors (Lipinski definition) is 1. The number of methoxy groups -OCH3 is 1. The van der Waals surface area contributed by atoms with E-state index in [0.717, 1.165) is 31.6 Å². The van der Waals surface area contributed by atoms with Crippen molar-refractivity contribution in [1.82, 2.24) is 15.1 Å². The van der Waals surface area contributed by atoms with Crippen molar-refractivity contribution < 1.29 is 9.53 Å². The summed E-state index contributed by atoms with van der Waals surface area (Å²) in [6, 6.07) is -0.0546. The number of carbonyl (C=O) groups is 1. The highest BCUT2D eigenvalue weighted by atomic mass is 16.5. The lowest BCUT2D eigenvalue weighted by atomic mass is 10.0. The first-order valence-electron chi connectivity index (χ1n) is 6.82. The van der Waals surface area contributed by atoms with Crippen LogP contribution in [-0.2, 0) is 16.1 Å². The summed E-state index contributed by atoms with van der Waals surface area (Å²) in [5, 5.41) is 7.49. The highest BCUT2D eigenvalue weighted by Crippen LogP contribution is 2.20. The van der Waals surface area contributed by atoms with Crippen LogP contribution in [0.4, 0.5) is 5.69 Å². The molecule has 6 heteroatoms. The summed E-state index contributed by atoms with van der Waals surface area (Å²) in [5.74, 6) is 0.152. The second kappa shape index (κ2) is 6.68. The van der Waals surface area contributed by atoms with E-state index in [9.17, 15) is 4.79 Å². The van der Waals surface area contributed by atoms with Gasteiger partial charge in [0.2, 0.25) is 5.91 Å². The number of amides is 1. The lowest BCUT2D eigenvalue weighted by molar-refractivity contribution is -0.121. The molecule has 1 aromatic heterocycles. The third-order valence-electron chi connectivity index (χ3n) is 3.34. The molecule has 1 amide bonds. The Hall–Kier alpha value is -1.40. The Morgan fingerprint density at radius 2 is 2.42 bits per heavy atom. The molecule has 1 aliphatic heterocycles. The number of hydrogen-bond acceptors (Lipinski definition) is 4. The van der Waals surface area contributed by atoms with E-state index in [4.69, 9.17) is 4.74 Å². The summed E-state index contributed by atoms with van der Waals surface area (Å²) < 4.78 is 6.83. The second-order valence-electron chi connectivity index (χ2n) is 4.70.